The zero-order chi connectivity index (χ0) is 17.4. The van der Waals surface area contributed by atoms with Gasteiger partial charge < -0.3 is 14.4 Å². The van der Waals surface area contributed by atoms with Crippen molar-refractivity contribution in [2.24, 2.45) is 0 Å². The monoisotopic (exact) mass is 373 g/mol. The Balaban J connectivity index is 1.70. The number of likely N-dealkylation sites (N-methyl/N-ethyl adjacent to an activating group) is 1. The van der Waals surface area contributed by atoms with Crippen LogP contribution in [0.3, 0.4) is 0 Å². The number of amides is 1. The van der Waals surface area contributed by atoms with Crippen LogP contribution in [0, 0.1) is 0 Å². The van der Waals surface area contributed by atoms with Crippen molar-refractivity contribution < 1.29 is 4.79 Å². The topological polar surface area (TPSA) is 28.5 Å². The molecule has 0 unspecified atom stereocenters. The van der Waals surface area contributed by atoms with Crippen LogP contribution < -0.4 is 0 Å². The van der Waals surface area contributed by atoms with E-state index in [2.05, 4.69) is 28.0 Å². The minimum atomic E-state index is 0.114. The third-order valence-corrected chi connectivity index (χ3v) is 6.04. The van der Waals surface area contributed by atoms with Crippen molar-refractivity contribution in [1.82, 2.24) is 14.4 Å². The third kappa shape index (κ3) is 3.19. The Morgan fingerprint density at radius 2 is 1.92 bits per heavy atom. The van der Waals surface area contributed by atoms with E-state index in [1.165, 1.54) is 0 Å². The molecule has 1 fully saturated rings. The van der Waals surface area contributed by atoms with Gasteiger partial charge in [-0.05, 0) is 36.2 Å². The average molecular weight is 374 g/mol. The number of rotatable bonds is 3. The molecule has 1 aliphatic rings. The van der Waals surface area contributed by atoms with Gasteiger partial charge in [0.15, 0.2) is 0 Å². The number of hydrogen-bond donors (Lipinski definition) is 0. The van der Waals surface area contributed by atoms with Crippen LogP contribution in [-0.2, 0) is 6.54 Å². The lowest BCUT2D eigenvalue weighted by Gasteiger charge is -2.32. The Kier molecular flexibility index (Phi) is 4.54. The molecule has 25 heavy (non-hydrogen) atoms. The van der Waals surface area contributed by atoms with Crippen LogP contribution in [0.15, 0.2) is 41.8 Å². The Hall–Kier alpha value is -1.82. The average Bonchev–Trinajstić information content (AvgIpc) is 3.19. The van der Waals surface area contributed by atoms with E-state index in [4.69, 9.17) is 11.6 Å². The van der Waals surface area contributed by atoms with Gasteiger partial charge in [0.2, 0.25) is 0 Å². The number of benzene rings is 1. The van der Waals surface area contributed by atoms with E-state index in [0.717, 1.165) is 52.7 Å². The fourth-order valence-corrected chi connectivity index (χ4v) is 4.31. The maximum atomic E-state index is 13.1. The predicted octanol–water partition coefficient (Wildman–Crippen LogP) is 3.79. The van der Waals surface area contributed by atoms with Crippen LogP contribution in [0.1, 0.15) is 16.1 Å². The van der Waals surface area contributed by atoms with E-state index < -0.39 is 0 Å². The Labute approximate surface area is 156 Å². The highest BCUT2D eigenvalue weighted by atomic mass is 35.5. The zero-order valence-corrected chi connectivity index (χ0v) is 15.7. The van der Waals surface area contributed by atoms with Crippen molar-refractivity contribution in [3.05, 3.63) is 58.1 Å². The summed E-state index contributed by atoms with van der Waals surface area (Å²) in [5.41, 5.74) is 2.88. The van der Waals surface area contributed by atoms with E-state index in [1.807, 2.05) is 35.2 Å². The van der Waals surface area contributed by atoms with Gasteiger partial charge in [-0.15, -0.1) is 11.3 Å². The molecular formula is C19H20ClN3OS. The van der Waals surface area contributed by atoms with Crippen molar-refractivity contribution >= 4 is 39.1 Å². The summed E-state index contributed by atoms with van der Waals surface area (Å²) in [6, 6.07) is 11.9. The smallest absolute Gasteiger partial charge is 0.270 e. The lowest BCUT2D eigenvalue weighted by Crippen LogP contribution is -2.47. The van der Waals surface area contributed by atoms with Crippen molar-refractivity contribution in [3.63, 3.8) is 0 Å². The highest BCUT2D eigenvalue weighted by molar-refractivity contribution is 7.17. The SMILES string of the molecule is CN1CCN(C(=O)c2cc3sccc3n2Cc2ccccc2Cl)CC1. The van der Waals surface area contributed by atoms with Gasteiger partial charge in [-0.25, -0.2) is 0 Å². The highest BCUT2D eigenvalue weighted by Crippen LogP contribution is 2.28. The van der Waals surface area contributed by atoms with E-state index in [9.17, 15) is 4.79 Å². The number of fused-ring (bicyclic) bond motifs is 1. The molecule has 0 atom stereocenters. The molecule has 0 N–H and O–H groups in total. The summed E-state index contributed by atoms with van der Waals surface area (Å²) in [6.45, 7) is 4.01. The fourth-order valence-electron chi connectivity index (χ4n) is 3.29. The normalized spacial score (nSPS) is 15.8. The first-order valence-electron chi connectivity index (χ1n) is 8.41. The lowest BCUT2D eigenvalue weighted by molar-refractivity contribution is 0.0654. The predicted molar refractivity (Wildman–Crippen MR) is 104 cm³/mol. The molecule has 1 aliphatic heterocycles. The number of carbonyl (C=O) groups excluding carboxylic acids is 1. The summed E-state index contributed by atoms with van der Waals surface area (Å²) in [6.07, 6.45) is 0. The van der Waals surface area contributed by atoms with Gasteiger partial charge in [-0.2, -0.15) is 0 Å². The van der Waals surface area contributed by atoms with Crippen LogP contribution in [0.25, 0.3) is 10.2 Å². The first-order chi connectivity index (χ1) is 12.1. The number of thiophene rings is 1. The molecule has 1 aromatic carbocycles. The minimum Gasteiger partial charge on any atom is -0.335 e. The van der Waals surface area contributed by atoms with Crippen molar-refractivity contribution in [2.45, 2.75) is 6.54 Å². The molecule has 0 radical (unpaired) electrons. The van der Waals surface area contributed by atoms with Gasteiger partial charge in [0.1, 0.15) is 5.69 Å². The van der Waals surface area contributed by atoms with Gasteiger partial charge in [0.05, 0.1) is 10.2 Å². The first kappa shape index (κ1) is 16.6. The molecule has 4 nitrogen and oxygen atoms in total. The maximum Gasteiger partial charge on any atom is 0.270 e. The maximum absolute atomic E-state index is 13.1. The molecule has 6 heteroatoms. The number of hydrogen-bond acceptors (Lipinski definition) is 3. The van der Waals surface area contributed by atoms with Crippen LogP contribution in [0.2, 0.25) is 5.02 Å². The summed E-state index contributed by atoms with van der Waals surface area (Å²) in [4.78, 5) is 17.3. The number of aromatic nitrogens is 1. The number of piperazine rings is 1. The van der Waals surface area contributed by atoms with Crippen LogP contribution >= 0.6 is 22.9 Å². The third-order valence-electron chi connectivity index (χ3n) is 4.82. The standard InChI is InChI=1S/C19H20ClN3OS/c1-21-7-9-22(10-8-21)19(24)17-12-18-16(6-11-25-18)23(17)13-14-4-2-3-5-15(14)20/h2-6,11-12H,7-10,13H2,1H3. The first-order valence-corrected chi connectivity index (χ1v) is 9.67. The Bertz CT molecular complexity index is 908. The van der Waals surface area contributed by atoms with Crippen LogP contribution in [-0.4, -0.2) is 53.5 Å². The molecule has 4 rings (SSSR count). The molecule has 1 saturated heterocycles. The summed E-state index contributed by atoms with van der Waals surface area (Å²) in [5, 5.41) is 2.80. The van der Waals surface area contributed by atoms with Gasteiger partial charge >= 0.3 is 0 Å². The molecule has 0 saturated carbocycles. The van der Waals surface area contributed by atoms with Gasteiger partial charge in [-0.1, -0.05) is 29.8 Å². The van der Waals surface area contributed by atoms with Crippen LogP contribution in [0.4, 0.5) is 0 Å². The van der Waals surface area contributed by atoms with Gasteiger partial charge in [-0.3, -0.25) is 4.79 Å². The second-order valence-electron chi connectivity index (χ2n) is 6.47. The molecule has 0 aliphatic carbocycles. The second kappa shape index (κ2) is 6.83. The molecule has 130 valence electrons. The molecule has 3 aromatic rings. The van der Waals surface area contributed by atoms with E-state index in [1.54, 1.807) is 11.3 Å². The van der Waals surface area contributed by atoms with E-state index in [-0.39, 0.29) is 5.91 Å². The molecule has 1 amide bonds. The van der Waals surface area contributed by atoms with Crippen molar-refractivity contribution in [3.8, 4) is 0 Å². The van der Waals surface area contributed by atoms with Gasteiger partial charge in [0.25, 0.3) is 5.91 Å². The zero-order valence-electron chi connectivity index (χ0n) is 14.1. The largest absolute Gasteiger partial charge is 0.335 e. The van der Waals surface area contributed by atoms with Crippen molar-refractivity contribution in [2.75, 3.05) is 33.2 Å². The summed E-state index contributed by atoms with van der Waals surface area (Å²) >= 11 is 8.02. The highest BCUT2D eigenvalue weighted by Gasteiger charge is 2.24. The van der Waals surface area contributed by atoms with E-state index >= 15 is 0 Å². The summed E-state index contributed by atoms with van der Waals surface area (Å²) < 4.78 is 3.25. The fraction of sp³-hybridized carbons (Fsp3) is 0.316. The van der Waals surface area contributed by atoms with Crippen LogP contribution in [0.5, 0.6) is 0 Å². The van der Waals surface area contributed by atoms with E-state index in [0.29, 0.717) is 6.54 Å². The quantitative estimate of drug-likeness (QED) is 0.698. The summed E-state index contributed by atoms with van der Waals surface area (Å²) in [5.74, 6) is 0.114. The lowest BCUT2D eigenvalue weighted by atomic mass is 10.2. The van der Waals surface area contributed by atoms with Crippen molar-refractivity contribution in [1.29, 1.82) is 0 Å². The molecule has 3 heterocycles. The second-order valence-corrected chi connectivity index (χ2v) is 7.83. The summed E-state index contributed by atoms with van der Waals surface area (Å²) in [7, 11) is 2.10. The molecule has 0 spiro atoms. The molecular weight excluding hydrogens is 354 g/mol. The Morgan fingerprint density at radius 1 is 1.16 bits per heavy atom. The van der Waals surface area contributed by atoms with Gasteiger partial charge in [0, 0.05) is 37.7 Å². The molecule has 2 aromatic heterocycles. The number of halogens is 1. The minimum absolute atomic E-state index is 0.114. The Morgan fingerprint density at radius 3 is 2.68 bits per heavy atom. The molecule has 0 bridgehead atoms. The number of carbonyl (C=O) groups is 1. The number of nitrogens with zero attached hydrogens (tertiary/aromatic N) is 3.